The highest BCUT2D eigenvalue weighted by molar-refractivity contribution is 6.13. The molecule has 0 N–H and O–H groups in total. The number of hydrogen-bond acceptors (Lipinski definition) is 4. The van der Waals surface area contributed by atoms with Crippen LogP contribution in [0.4, 0.5) is 0 Å². The van der Waals surface area contributed by atoms with Gasteiger partial charge in [0.25, 0.3) is 0 Å². The molecule has 1 atom stereocenters. The first-order valence-electron chi connectivity index (χ1n) is 15.3. The molecule has 9 rings (SSSR count). The molecule has 2 aliphatic carbocycles. The van der Waals surface area contributed by atoms with Crippen molar-refractivity contribution in [3.8, 4) is 33.9 Å². The van der Waals surface area contributed by atoms with Crippen LogP contribution in [0.2, 0.25) is 0 Å². The number of fused-ring (bicyclic) bond motifs is 5. The molecule has 2 aliphatic rings. The summed E-state index contributed by atoms with van der Waals surface area (Å²) < 4.78 is 6.44. The van der Waals surface area contributed by atoms with Crippen LogP contribution in [0.5, 0.6) is 0 Å². The number of hydrogen-bond donors (Lipinski definition) is 0. The summed E-state index contributed by atoms with van der Waals surface area (Å²) in [4.78, 5) is 15.5. The van der Waals surface area contributed by atoms with Crippen LogP contribution in [0.25, 0.3) is 72.2 Å². The Labute approximate surface area is 260 Å². The third kappa shape index (κ3) is 4.50. The molecule has 4 heteroatoms. The van der Waals surface area contributed by atoms with Gasteiger partial charge in [0, 0.05) is 33.4 Å². The normalized spacial score (nSPS) is 15.8. The van der Waals surface area contributed by atoms with E-state index in [-0.39, 0.29) is 0 Å². The van der Waals surface area contributed by atoms with Gasteiger partial charge < -0.3 is 4.42 Å². The largest absolute Gasteiger partial charge is 0.456 e. The van der Waals surface area contributed by atoms with Crippen LogP contribution in [0.15, 0.2) is 156 Å². The van der Waals surface area contributed by atoms with E-state index in [1.54, 1.807) is 0 Å². The summed E-state index contributed by atoms with van der Waals surface area (Å²) in [6.07, 6.45) is 14.1. The first-order chi connectivity index (χ1) is 22.3. The fraction of sp³-hybridized carbons (Fsp3) is 0.0488. The molecular formula is C41H27N3O. The van der Waals surface area contributed by atoms with Crippen molar-refractivity contribution >= 4 is 38.3 Å². The zero-order valence-electron chi connectivity index (χ0n) is 24.4. The van der Waals surface area contributed by atoms with E-state index in [1.165, 1.54) is 11.0 Å². The van der Waals surface area contributed by atoms with E-state index in [2.05, 4.69) is 121 Å². The van der Waals surface area contributed by atoms with Crippen molar-refractivity contribution in [1.29, 1.82) is 0 Å². The van der Waals surface area contributed by atoms with Gasteiger partial charge in [0.1, 0.15) is 11.2 Å². The highest BCUT2D eigenvalue weighted by Crippen LogP contribution is 2.40. The highest BCUT2D eigenvalue weighted by atomic mass is 16.3. The van der Waals surface area contributed by atoms with Gasteiger partial charge in [-0.25, -0.2) is 15.0 Å². The van der Waals surface area contributed by atoms with Crippen molar-refractivity contribution in [1.82, 2.24) is 15.0 Å². The Morgan fingerprint density at radius 3 is 2.33 bits per heavy atom. The van der Waals surface area contributed by atoms with Gasteiger partial charge in [-0.05, 0) is 64.2 Å². The van der Waals surface area contributed by atoms with Gasteiger partial charge >= 0.3 is 0 Å². The number of para-hydroxylation sites is 1. The van der Waals surface area contributed by atoms with Gasteiger partial charge in [-0.1, -0.05) is 115 Å². The van der Waals surface area contributed by atoms with Crippen LogP contribution in [0, 0.1) is 5.92 Å². The molecule has 45 heavy (non-hydrogen) atoms. The monoisotopic (exact) mass is 577 g/mol. The zero-order chi connectivity index (χ0) is 29.7. The standard InChI is InChI=1S/C41H27N3O/c1-2-10-26(11-3-1)33-24-35(38-34-16-8-9-17-36(34)45-37(38)25-33)41-43-39(31-20-18-27-12-4-6-14-29(27)22-31)42-40(44-41)32-21-19-28-13-5-7-15-30(28)23-32/h1-18,20-25,28H,19H2. The number of furan rings is 1. The van der Waals surface area contributed by atoms with Crippen LogP contribution >= 0.6 is 0 Å². The SMILES string of the molecule is C1=CC2=CC(c3nc(-c4ccc5ccccc5c4)nc(-c4cc(-c5ccccc5)cc5oc6ccccc6c45)n3)=CCC2C=C1. The van der Waals surface area contributed by atoms with Crippen LogP contribution in [-0.4, -0.2) is 15.0 Å². The quantitative estimate of drug-likeness (QED) is 0.209. The zero-order valence-corrected chi connectivity index (χ0v) is 24.4. The topological polar surface area (TPSA) is 51.8 Å². The number of benzene rings is 5. The second-order valence-corrected chi connectivity index (χ2v) is 11.6. The maximum Gasteiger partial charge on any atom is 0.164 e. The van der Waals surface area contributed by atoms with Gasteiger partial charge in [0.2, 0.25) is 0 Å². The van der Waals surface area contributed by atoms with Gasteiger partial charge in [0.05, 0.1) is 0 Å². The van der Waals surface area contributed by atoms with Crippen LogP contribution in [0.1, 0.15) is 12.2 Å². The van der Waals surface area contributed by atoms with E-state index in [1.807, 2.05) is 24.3 Å². The van der Waals surface area contributed by atoms with Crippen molar-refractivity contribution in [3.05, 3.63) is 157 Å². The number of nitrogens with zero attached hydrogens (tertiary/aromatic N) is 3. The minimum atomic E-state index is 0.388. The molecule has 4 nitrogen and oxygen atoms in total. The minimum Gasteiger partial charge on any atom is -0.456 e. The predicted molar refractivity (Wildman–Crippen MR) is 183 cm³/mol. The van der Waals surface area contributed by atoms with Gasteiger partial charge in [-0.2, -0.15) is 0 Å². The average Bonchev–Trinajstić information content (AvgIpc) is 3.49. The Kier molecular flexibility index (Phi) is 5.91. The molecule has 0 saturated heterocycles. The molecule has 0 saturated carbocycles. The molecule has 2 heterocycles. The lowest BCUT2D eigenvalue weighted by Crippen LogP contribution is -2.08. The van der Waals surface area contributed by atoms with Crippen molar-refractivity contribution < 1.29 is 4.42 Å². The molecule has 7 aromatic rings. The smallest absolute Gasteiger partial charge is 0.164 e. The van der Waals surface area contributed by atoms with Crippen LogP contribution < -0.4 is 0 Å². The third-order valence-electron chi connectivity index (χ3n) is 8.81. The Morgan fingerprint density at radius 2 is 1.40 bits per heavy atom. The molecule has 212 valence electrons. The van der Waals surface area contributed by atoms with Gasteiger partial charge in [0.15, 0.2) is 17.5 Å². The highest BCUT2D eigenvalue weighted by Gasteiger charge is 2.22. The lowest BCUT2D eigenvalue weighted by Gasteiger charge is -2.21. The summed E-state index contributed by atoms with van der Waals surface area (Å²) in [7, 11) is 0. The molecular weight excluding hydrogens is 550 g/mol. The summed E-state index contributed by atoms with van der Waals surface area (Å²) in [5, 5.41) is 4.37. The first kappa shape index (κ1) is 25.6. The molecule has 0 bridgehead atoms. The van der Waals surface area contributed by atoms with Gasteiger partial charge in [-0.15, -0.1) is 0 Å². The molecule has 0 aliphatic heterocycles. The van der Waals surface area contributed by atoms with Crippen molar-refractivity contribution in [2.24, 2.45) is 5.92 Å². The maximum absolute atomic E-state index is 6.44. The fourth-order valence-corrected chi connectivity index (χ4v) is 6.53. The maximum atomic E-state index is 6.44. The molecule has 5 aromatic carbocycles. The van der Waals surface area contributed by atoms with E-state index < -0.39 is 0 Å². The summed E-state index contributed by atoms with van der Waals surface area (Å²) in [6.45, 7) is 0. The average molecular weight is 578 g/mol. The van der Waals surface area contributed by atoms with E-state index >= 15 is 0 Å². The van der Waals surface area contributed by atoms with Crippen molar-refractivity contribution in [3.63, 3.8) is 0 Å². The summed E-state index contributed by atoms with van der Waals surface area (Å²) in [5.41, 5.74) is 7.96. The minimum absolute atomic E-state index is 0.388. The lowest BCUT2D eigenvalue weighted by atomic mass is 9.85. The second-order valence-electron chi connectivity index (χ2n) is 11.6. The lowest BCUT2D eigenvalue weighted by molar-refractivity contribution is 0.669. The van der Waals surface area contributed by atoms with Crippen LogP contribution in [-0.2, 0) is 0 Å². The summed E-state index contributed by atoms with van der Waals surface area (Å²) >= 11 is 0. The van der Waals surface area contributed by atoms with E-state index in [9.17, 15) is 0 Å². The third-order valence-corrected chi connectivity index (χ3v) is 8.81. The summed E-state index contributed by atoms with van der Waals surface area (Å²) in [5.74, 6) is 2.33. The number of allylic oxidation sites excluding steroid dienone is 8. The molecule has 0 radical (unpaired) electrons. The fourth-order valence-electron chi connectivity index (χ4n) is 6.53. The molecule has 1 unspecified atom stereocenters. The van der Waals surface area contributed by atoms with E-state index in [0.29, 0.717) is 23.4 Å². The second kappa shape index (κ2) is 10.4. The predicted octanol–water partition coefficient (Wildman–Crippen LogP) is 10.4. The number of aromatic nitrogens is 3. The Hall–Kier alpha value is -5.87. The molecule has 2 aromatic heterocycles. The van der Waals surface area contributed by atoms with Crippen molar-refractivity contribution in [2.75, 3.05) is 0 Å². The number of rotatable bonds is 4. The Balaban J connectivity index is 1.31. The first-order valence-corrected chi connectivity index (χ1v) is 15.3. The summed E-state index contributed by atoms with van der Waals surface area (Å²) in [6, 6.07) is 37.7. The van der Waals surface area contributed by atoms with Crippen LogP contribution in [0.3, 0.4) is 0 Å². The van der Waals surface area contributed by atoms with E-state index in [0.717, 1.165) is 61.6 Å². The molecule has 0 amide bonds. The Morgan fingerprint density at radius 1 is 0.600 bits per heavy atom. The Bertz CT molecular complexity index is 2410. The molecule has 0 fully saturated rings. The van der Waals surface area contributed by atoms with E-state index in [4.69, 9.17) is 19.4 Å². The molecule has 0 spiro atoms. The van der Waals surface area contributed by atoms with Gasteiger partial charge in [-0.3, -0.25) is 0 Å². The van der Waals surface area contributed by atoms with Crippen molar-refractivity contribution in [2.45, 2.75) is 6.42 Å².